The minimum atomic E-state index is 0.620. The number of aryl methyl sites for hydroxylation is 1. The zero-order chi connectivity index (χ0) is 9.68. The van der Waals surface area contributed by atoms with E-state index in [2.05, 4.69) is 13.8 Å². The van der Waals surface area contributed by atoms with Crippen LogP contribution in [0.15, 0.2) is 16.7 Å². The van der Waals surface area contributed by atoms with Crippen LogP contribution in [0.2, 0.25) is 0 Å². The number of nitrogens with two attached hydrogens (primary N) is 1. The second-order valence-electron chi connectivity index (χ2n) is 3.23. The topological polar surface area (TPSA) is 39.2 Å². The van der Waals surface area contributed by atoms with Gasteiger partial charge in [-0.15, -0.1) is 0 Å². The third-order valence-corrected chi connectivity index (χ3v) is 3.27. The van der Waals surface area contributed by atoms with Gasteiger partial charge in [0.05, 0.1) is 12.0 Å². The Morgan fingerprint density at radius 2 is 2.38 bits per heavy atom. The normalized spacial score (nSPS) is 13.2. The lowest BCUT2D eigenvalue weighted by Gasteiger charge is -2.08. The molecule has 3 heteroatoms. The molecule has 13 heavy (non-hydrogen) atoms. The zero-order valence-electron chi connectivity index (χ0n) is 8.25. The number of rotatable bonds is 5. The van der Waals surface area contributed by atoms with Gasteiger partial charge < -0.3 is 10.2 Å². The van der Waals surface area contributed by atoms with Crippen LogP contribution in [0.25, 0.3) is 0 Å². The van der Waals surface area contributed by atoms with Crippen molar-refractivity contribution in [3.05, 3.63) is 23.7 Å². The van der Waals surface area contributed by atoms with Crippen molar-refractivity contribution >= 4 is 11.8 Å². The quantitative estimate of drug-likeness (QED) is 0.792. The minimum absolute atomic E-state index is 0.620. The van der Waals surface area contributed by atoms with Crippen LogP contribution < -0.4 is 5.73 Å². The predicted octanol–water partition coefficient (Wildman–Crippen LogP) is 2.56. The molecule has 1 rings (SSSR count). The molecule has 2 N–H and O–H groups in total. The van der Waals surface area contributed by atoms with E-state index >= 15 is 0 Å². The molecule has 0 aliphatic rings. The SMILES string of the molecule is Cc1ccoc1CSC(C)CCN. The molecule has 0 radical (unpaired) electrons. The van der Waals surface area contributed by atoms with Crippen molar-refractivity contribution in [1.29, 1.82) is 0 Å². The Morgan fingerprint density at radius 1 is 1.62 bits per heavy atom. The molecule has 1 aromatic heterocycles. The lowest BCUT2D eigenvalue weighted by atomic mass is 10.3. The second-order valence-corrected chi connectivity index (χ2v) is 4.65. The molecule has 0 aliphatic carbocycles. The molecule has 1 atom stereocenters. The number of hydrogen-bond donors (Lipinski definition) is 1. The van der Waals surface area contributed by atoms with Crippen LogP contribution in [0.4, 0.5) is 0 Å². The van der Waals surface area contributed by atoms with Crippen molar-refractivity contribution in [1.82, 2.24) is 0 Å². The molecule has 1 aromatic rings. The molecule has 0 aliphatic heterocycles. The zero-order valence-corrected chi connectivity index (χ0v) is 9.06. The molecule has 0 saturated carbocycles. The fourth-order valence-electron chi connectivity index (χ4n) is 1.09. The van der Waals surface area contributed by atoms with E-state index in [9.17, 15) is 0 Å². The molecule has 1 heterocycles. The second kappa shape index (κ2) is 5.35. The Hall–Kier alpha value is -0.410. The average molecular weight is 199 g/mol. The van der Waals surface area contributed by atoms with Gasteiger partial charge in [-0.1, -0.05) is 6.92 Å². The first-order valence-corrected chi connectivity index (χ1v) is 5.63. The third-order valence-electron chi connectivity index (χ3n) is 2.04. The highest BCUT2D eigenvalue weighted by molar-refractivity contribution is 7.99. The number of thioether (sulfide) groups is 1. The van der Waals surface area contributed by atoms with Gasteiger partial charge in [-0.25, -0.2) is 0 Å². The Labute approximate surface area is 83.9 Å². The summed E-state index contributed by atoms with van der Waals surface area (Å²) in [5, 5.41) is 0.620. The minimum Gasteiger partial charge on any atom is -0.468 e. The summed E-state index contributed by atoms with van der Waals surface area (Å²) in [4.78, 5) is 0. The highest BCUT2D eigenvalue weighted by atomic mass is 32.2. The summed E-state index contributed by atoms with van der Waals surface area (Å²) < 4.78 is 5.34. The average Bonchev–Trinajstić information content (AvgIpc) is 2.48. The summed E-state index contributed by atoms with van der Waals surface area (Å²) in [7, 11) is 0. The lowest BCUT2D eigenvalue weighted by molar-refractivity contribution is 0.527. The summed E-state index contributed by atoms with van der Waals surface area (Å²) >= 11 is 1.90. The molecule has 0 amide bonds. The molecule has 0 fully saturated rings. The van der Waals surface area contributed by atoms with Crippen LogP contribution in [0.1, 0.15) is 24.7 Å². The van der Waals surface area contributed by atoms with Gasteiger partial charge in [0.15, 0.2) is 0 Å². The van der Waals surface area contributed by atoms with Gasteiger partial charge in [0, 0.05) is 5.25 Å². The summed E-state index contributed by atoms with van der Waals surface area (Å²) in [6.07, 6.45) is 2.82. The summed E-state index contributed by atoms with van der Waals surface area (Å²) in [6.45, 7) is 5.05. The summed E-state index contributed by atoms with van der Waals surface area (Å²) in [6, 6.07) is 2.00. The molecule has 1 unspecified atom stereocenters. The Morgan fingerprint density at radius 3 is 2.92 bits per heavy atom. The van der Waals surface area contributed by atoms with Gasteiger partial charge in [0.25, 0.3) is 0 Å². The van der Waals surface area contributed by atoms with Gasteiger partial charge in [0.2, 0.25) is 0 Å². The highest BCUT2D eigenvalue weighted by Crippen LogP contribution is 2.21. The van der Waals surface area contributed by atoms with E-state index in [0.29, 0.717) is 5.25 Å². The monoisotopic (exact) mass is 199 g/mol. The van der Waals surface area contributed by atoms with E-state index < -0.39 is 0 Å². The van der Waals surface area contributed by atoms with Gasteiger partial charge in [-0.05, 0) is 31.5 Å². The standard InChI is InChI=1S/C10H17NOS/c1-8-4-6-12-10(8)7-13-9(2)3-5-11/h4,6,9H,3,5,7,11H2,1-2H3. The maximum absolute atomic E-state index is 5.47. The maximum Gasteiger partial charge on any atom is 0.116 e. The third kappa shape index (κ3) is 3.44. The molecule has 0 spiro atoms. The van der Waals surface area contributed by atoms with Crippen molar-refractivity contribution < 1.29 is 4.42 Å². The van der Waals surface area contributed by atoms with E-state index in [-0.39, 0.29) is 0 Å². The Kier molecular flexibility index (Phi) is 4.39. The highest BCUT2D eigenvalue weighted by Gasteiger charge is 2.05. The number of furan rings is 1. The van der Waals surface area contributed by atoms with Crippen molar-refractivity contribution in [3.63, 3.8) is 0 Å². The first kappa shape index (κ1) is 10.7. The van der Waals surface area contributed by atoms with Crippen LogP contribution in [0.5, 0.6) is 0 Å². The van der Waals surface area contributed by atoms with E-state index in [1.54, 1.807) is 6.26 Å². The van der Waals surface area contributed by atoms with Crippen molar-refractivity contribution in [2.24, 2.45) is 5.73 Å². The summed E-state index contributed by atoms with van der Waals surface area (Å²) in [5.41, 5.74) is 6.71. The van der Waals surface area contributed by atoms with Crippen molar-refractivity contribution in [3.8, 4) is 0 Å². The fourth-order valence-corrected chi connectivity index (χ4v) is 2.12. The molecule has 2 nitrogen and oxygen atoms in total. The van der Waals surface area contributed by atoms with E-state index in [4.69, 9.17) is 10.2 Å². The summed E-state index contributed by atoms with van der Waals surface area (Å²) in [5.74, 6) is 2.05. The van der Waals surface area contributed by atoms with Gasteiger partial charge in [-0.2, -0.15) is 11.8 Å². The first-order chi connectivity index (χ1) is 6.24. The molecule has 74 valence electrons. The smallest absolute Gasteiger partial charge is 0.116 e. The Balaban J connectivity index is 2.30. The van der Waals surface area contributed by atoms with Crippen LogP contribution in [0.3, 0.4) is 0 Å². The van der Waals surface area contributed by atoms with Gasteiger partial charge >= 0.3 is 0 Å². The molecular weight excluding hydrogens is 182 g/mol. The molecular formula is C10H17NOS. The van der Waals surface area contributed by atoms with Crippen LogP contribution >= 0.6 is 11.8 Å². The predicted molar refractivity (Wildman–Crippen MR) is 57.9 cm³/mol. The molecule has 0 aromatic carbocycles. The van der Waals surface area contributed by atoms with E-state index in [0.717, 1.165) is 24.5 Å². The van der Waals surface area contributed by atoms with Gasteiger partial charge in [0.1, 0.15) is 5.76 Å². The lowest BCUT2D eigenvalue weighted by Crippen LogP contribution is -2.07. The van der Waals surface area contributed by atoms with Crippen LogP contribution in [-0.4, -0.2) is 11.8 Å². The largest absolute Gasteiger partial charge is 0.468 e. The van der Waals surface area contributed by atoms with Crippen molar-refractivity contribution in [2.75, 3.05) is 6.54 Å². The van der Waals surface area contributed by atoms with Gasteiger partial charge in [-0.3, -0.25) is 0 Å². The fraction of sp³-hybridized carbons (Fsp3) is 0.600. The molecule has 0 saturated heterocycles. The Bertz CT molecular complexity index is 247. The first-order valence-electron chi connectivity index (χ1n) is 4.58. The van der Waals surface area contributed by atoms with Crippen molar-refractivity contribution in [2.45, 2.75) is 31.3 Å². The molecule has 0 bridgehead atoms. The maximum atomic E-state index is 5.47. The van der Waals surface area contributed by atoms with Crippen LogP contribution in [0, 0.1) is 6.92 Å². The van der Waals surface area contributed by atoms with E-state index in [1.165, 1.54) is 5.56 Å². The van der Waals surface area contributed by atoms with E-state index in [1.807, 2.05) is 17.8 Å². The van der Waals surface area contributed by atoms with Crippen LogP contribution in [-0.2, 0) is 5.75 Å². The number of hydrogen-bond acceptors (Lipinski definition) is 3.